The fourth-order valence-electron chi connectivity index (χ4n) is 2.40. The molecule has 0 spiro atoms. The average molecular weight is 255 g/mol. The van der Waals surface area contributed by atoms with Crippen molar-refractivity contribution in [1.82, 2.24) is 4.90 Å². The van der Waals surface area contributed by atoms with Crippen molar-refractivity contribution in [3.8, 4) is 0 Å². The van der Waals surface area contributed by atoms with Crippen LogP contribution in [-0.4, -0.2) is 29.9 Å². The summed E-state index contributed by atoms with van der Waals surface area (Å²) in [5, 5.41) is 2.31. The Hall–Kier alpha value is -2.20. The Labute approximate surface area is 110 Å². The second kappa shape index (κ2) is 4.82. The first kappa shape index (κ1) is 11.9. The van der Waals surface area contributed by atoms with Crippen LogP contribution >= 0.6 is 0 Å². The first-order chi connectivity index (χ1) is 9.22. The normalized spacial score (nSPS) is 16.6. The first-order valence-corrected chi connectivity index (χ1v) is 6.15. The van der Waals surface area contributed by atoms with E-state index in [1.54, 1.807) is 4.90 Å². The van der Waals surface area contributed by atoms with Gasteiger partial charge < -0.3 is 4.74 Å². The Morgan fingerprint density at radius 2 is 1.63 bits per heavy atom. The predicted molar refractivity (Wildman–Crippen MR) is 70.3 cm³/mol. The van der Waals surface area contributed by atoms with Gasteiger partial charge in [-0.05, 0) is 16.3 Å². The fourth-order valence-corrected chi connectivity index (χ4v) is 2.40. The molecule has 4 nitrogen and oxygen atoms in total. The standard InChI is InChI=1S/C15H13NO3/c17-14-9-16(10-15(18)19-14)8-12-6-3-5-11-4-1-2-7-13(11)12/h1-7H,8-10H2. The molecule has 0 amide bonds. The summed E-state index contributed by atoms with van der Waals surface area (Å²) in [6.07, 6.45) is 0. The van der Waals surface area contributed by atoms with Crippen LogP contribution in [0.2, 0.25) is 0 Å². The Balaban J connectivity index is 1.89. The number of hydrogen-bond acceptors (Lipinski definition) is 4. The monoisotopic (exact) mass is 255 g/mol. The van der Waals surface area contributed by atoms with E-state index in [1.807, 2.05) is 24.3 Å². The van der Waals surface area contributed by atoms with Crippen molar-refractivity contribution in [1.29, 1.82) is 0 Å². The van der Waals surface area contributed by atoms with Gasteiger partial charge in [0, 0.05) is 6.54 Å². The van der Waals surface area contributed by atoms with Gasteiger partial charge in [0.25, 0.3) is 0 Å². The molecule has 0 aromatic heterocycles. The van der Waals surface area contributed by atoms with Gasteiger partial charge in [-0.3, -0.25) is 14.5 Å². The molecule has 4 heteroatoms. The summed E-state index contributed by atoms with van der Waals surface area (Å²) in [6, 6.07) is 14.1. The van der Waals surface area contributed by atoms with Crippen LogP contribution in [0.5, 0.6) is 0 Å². The highest BCUT2D eigenvalue weighted by Gasteiger charge is 2.24. The molecule has 0 saturated carbocycles. The smallest absolute Gasteiger partial charge is 0.327 e. The minimum atomic E-state index is -0.475. The van der Waals surface area contributed by atoms with E-state index in [4.69, 9.17) is 0 Å². The quantitative estimate of drug-likeness (QED) is 0.605. The molecule has 0 N–H and O–H groups in total. The Bertz CT molecular complexity index is 629. The van der Waals surface area contributed by atoms with E-state index >= 15 is 0 Å². The number of morpholine rings is 1. The van der Waals surface area contributed by atoms with E-state index in [0.29, 0.717) is 6.54 Å². The molecule has 19 heavy (non-hydrogen) atoms. The molecule has 1 aliphatic rings. The second-order valence-corrected chi connectivity index (χ2v) is 4.63. The maximum Gasteiger partial charge on any atom is 0.327 e. The molecule has 96 valence electrons. The van der Waals surface area contributed by atoms with Gasteiger partial charge in [-0.15, -0.1) is 0 Å². The number of carbonyl (C=O) groups excluding carboxylic acids is 2. The highest BCUT2D eigenvalue weighted by atomic mass is 16.6. The van der Waals surface area contributed by atoms with E-state index in [9.17, 15) is 9.59 Å². The highest BCUT2D eigenvalue weighted by Crippen LogP contribution is 2.20. The molecule has 0 atom stereocenters. The third-order valence-electron chi connectivity index (χ3n) is 3.21. The molecular formula is C15H13NO3. The van der Waals surface area contributed by atoms with Gasteiger partial charge in [0.1, 0.15) is 0 Å². The molecule has 0 bridgehead atoms. The zero-order valence-electron chi connectivity index (χ0n) is 10.3. The summed E-state index contributed by atoms with van der Waals surface area (Å²) in [5.41, 5.74) is 1.11. The number of ether oxygens (including phenoxy) is 1. The Kier molecular flexibility index (Phi) is 3.01. The van der Waals surface area contributed by atoms with Gasteiger partial charge >= 0.3 is 11.9 Å². The zero-order valence-corrected chi connectivity index (χ0v) is 10.3. The third kappa shape index (κ3) is 2.48. The van der Waals surface area contributed by atoms with Crippen LogP contribution in [0.25, 0.3) is 10.8 Å². The van der Waals surface area contributed by atoms with Gasteiger partial charge in [0.05, 0.1) is 13.1 Å². The molecule has 2 aromatic carbocycles. The van der Waals surface area contributed by atoms with Crippen LogP contribution in [0, 0.1) is 0 Å². The maximum absolute atomic E-state index is 11.3. The summed E-state index contributed by atoms with van der Waals surface area (Å²) >= 11 is 0. The van der Waals surface area contributed by atoms with E-state index in [0.717, 1.165) is 16.3 Å². The summed E-state index contributed by atoms with van der Waals surface area (Å²) in [4.78, 5) is 24.3. The minimum Gasteiger partial charge on any atom is -0.391 e. The number of rotatable bonds is 2. The van der Waals surface area contributed by atoms with Gasteiger partial charge in [-0.25, -0.2) is 0 Å². The predicted octanol–water partition coefficient (Wildman–Crippen LogP) is 1.73. The lowest BCUT2D eigenvalue weighted by molar-refractivity contribution is -0.167. The lowest BCUT2D eigenvalue weighted by Gasteiger charge is -2.24. The van der Waals surface area contributed by atoms with E-state index in [2.05, 4.69) is 22.9 Å². The van der Waals surface area contributed by atoms with Crippen LogP contribution in [0.15, 0.2) is 42.5 Å². The molecule has 1 fully saturated rings. The summed E-state index contributed by atoms with van der Waals surface area (Å²) < 4.78 is 4.52. The van der Waals surface area contributed by atoms with E-state index in [-0.39, 0.29) is 13.1 Å². The van der Waals surface area contributed by atoms with E-state index in [1.165, 1.54) is 0 Å². The van der Waals surface area contributed by atoms with Crippen molar-refractivity contribution in [3.05, 3.63) is 48.0 Å². The van der Waals surface area contributed by atoms with Crippen molar-refractivity contribution in [2.24, 2.45) is 0 Å². The molecule has 1 heterocycles. The zero-order chi connectivity index (χ0) is 13.2. The number of carbonyl (C=O) groups is 2. The van der Waals surface area contributed by atoms with Crippen molar-refractivity contribution in [2.45, 2.75) is 6.54 Å². The molecule has 0 radical (unpaired) electrons. The number of cyclic esters (lactones) is 2. The third-order valence-corrected chi connectivity index (χ3v) is 3.21. The number of nitrogens with zero attached hydrogens (tertiary/aromatic N) is 1. The number of benzene rings is 2. The summed E-state index contributed by atoms with van der Waals surface area (Å²) in [5.74, 6) is -0.951. The highest BCUT2D eigenvalue weighted by molar-refractivity contribution is 5.90. The SMILES string of the molecule is O=C1CN(Cc2cccc3ccccc23)CC(=O)O1. The maximum atomic E-state index is 11.3. The molecule has 3 rings (SSSR count). The average Bonchev–Trinajstić information content (AvgIpc) is 2.38. The van der Waals surface area contributed by atoms with E-state index < -0.39 is 11.9 Å². The summed E-state index contributed by atoms with van der Waals surface area (Å²) in [6.45, 7) is 0.895. The Morgan fingerprint density at radius 1 is 0.947 bits per heavy atom. The van der Waals surface area contributed by atoms with Gasteiger partial charge in [0.15, 0.2) is 0 Å². The molecular weight excluding hydrogens is 242 g/mol. The lowest BCUT2D eigenvalue weighted by atomic mass is 10.0. The van der Waals surface area contributed by atoms with Gasteiger partial charge in [-0.2, -0.15) is 0 Å². The van der Waals surface area contributed by atoms with Gasteiger partial charge in [0.2, 0.25) is 0 Å². The molecule has 1 saturated heterocycles. The van der Waals surface area contributed by atoms with Crippen LogP contribution in [0.1, 0.15) is 5.56 Å². The summed E-state index contributed by atoms with van der Waals surface area (Å²) in [7, 11) is 0. The number of fused-ring (bicyclic) bond motifs is 1. The van der Waals surface area contributed by atoms with Crippen LogP contribution in [0.3, 0.4) is 0 Å². The molecule has 2 aromatic rings. The van der Waals surface area contributed by atoms with Crippen LogP contribution in [0.4, 0.5) is 0 Å². The Morgan fingerprint density at radius 3 is 2.42 bits per heavy atom. The molecule has 0 unspecified atom stereocenters. The fraction of sp³-hybridized carbons (Fsp3) is 0.200. The van der Waals surface area contributed by atoms with Crippen LogP contribution in [-0.2, 0) is 20.9 Å². The van der Waals surface area contributed by atoms with Crippen molar-refractivity contribution < 1.29 is 14.3 Å². The van der Waals surface area contributed by atoms with Crippen molar-refractivity contribution >= 4 is 22.7 Å². The largest absolute Gasteiger partial charge is 0.391 e. The van der Waals surface area contributed by atoms with Crippen LogP contribution < -0.4 is 0 Å². The number of hydrogen-bond donors (Lipinski definition) is 0. The molecule has 0 aliphatic carbocycles. The molecule has 1 aliphatic heterocycles. The minimum absolute atomic E-state index is 0.162. The van der Waals surface area contributed by atoms with Crippen molar-refractivity contribution in [2.75, 3.05) is 13.1 Å². The lowest BCUT2D eigenvalue weighted by Crippen LogP contribution is -2.42. The number of esters is 2. The first-order valence-electron chi connectivity index (χ1n) is 6.15. The van der Waals surface area contributed by atoms with Gasteiger partial charge in [-0.1, -0.05) is 42.5 Å². The topological polar surface area (TPSA) is 46.6 Å². The second-order valence-electron chi connectivity index (χ2n) is 4.63. The van der Waals surface area contributed by atoms with Crippen molar-refractivity contribution in [3.63, 3.8) is 0 Å².